The average molecular weight is 246 g/mol. The summed E-state index contributed by atoms with van der Waals surface area (Å²) in [6.07, 6.45) is 1.07. The highest BCUT2D eigenvalue weighted by atomic mass is 14.1. The zero-order valence-corrected chi connectivity index (χ0v) is 11.5. The molecule has 0 radical (unpaired) electrons. The first-order valence-corrected chi connectivity index (χ1v) is 6.88. The summed E-state index contributed by atoms with van der Waals surface area (Å²) < 4.78 is 0. The van der Waals surface area contributed by atoms with E-state index >= 15 is 0 Å². The van der Waals surface area contributed by atoms with Crippen LogP contribution in [-0.4, -0.2) is 0 Å². The largest absolute Gasteiger partial charge is 0.0622 e. The van der Waals surface area contributed by atoms with Gasteiger partial charge in [0.05, 0.1) is 0 Å². The van der Waals surface area contributed by atoms with Gasteiger partial charge in [0.25, 0.3) is 0 Å². The summed E-state index contributed by atoms with van der Waals surface area (Å²) in [7, 11) is 0. The Morgan fingerprint density at radius 3 is 2.11 bits per heavy atom. The van der Waals surface area contributed by atoms with Crippen LogP contribution in [0.25, 0.3) is 21.9 Å². The lowest BCUT2D eigenvalue weighted by atomic mass is 9.90. The van der Waals surface area contributed by atoms with Crippen molar-refractivity contribution in [1.29, 1.82) is 0 Å². The Bertz CT molecular complexity index is 709. The third-order valence-corrected chi connectivity index (χ3v) is 3.78. The number of fused-ring (bicyclic) bond motifs is 1. The fraction of sp³-hybridized carbons (Fsp3) is 0.158. The first-order valence-electron chi connectivity index (χ1n) is 6.88. The van der Waals surface area contributed by atoms with Gasteiger partial charge in [0.2, 0.25) is 0 Å². The Morgan fingerprint density at radius 2 is 1.42 bits per heavy atom. The highest BCUT2D eigenvalue weighted by molar-refractivity contribution is 6.00. The lowest BCUT2D eigenvalue weighted by Crippen LogP contribution is -1.92. The highest BCUT2D eigenvalue weighted by Crippen LogP contribution is 2.34. The van der Waals surface area contributed by atoms with Crippen LogP contribution >= 0.6 is 0 Å². The molecule has 0 saturated heterocycles. The van der Waals surface area contributed by atoms with Crippen LogP contribution in [0.1, 0.15) is 18.1 Å². The summed E-state index contributed by atoms with van der Waals surface area (Å²) >= 11 is 0. The topological polar surface area (TPSA) is 0 Å². The van der Waals surface area contributed by atoms with Crippen LogP contribution in [0.15, 0.2) is 60.7 Å². The maximum absolute atomic E-state index is 2.34. The number of hydrogen-bond acceptors (Lipinski definition) is 0. The van der Waals surface area contributed by atoms with Gasteiger partial charge in [-0.3, -0.25) is 0 Å². The van der Waals surface area contributed by atoms with E-state index in [0.29, 0.717) is 0 Å². The second kappa shape index (κ2) is 4.89. The summed E-state index contributed by atoms with van der Waals surface area (Å²) in [6.45, 7) is 4.44. The average Bonchev–Trinajstić information content (AvgIpc) is 2.48. The maximum atomic E-state index is 2.34. The number of rotatable bonds is 2. The van der Waals surface area contributed by atoms with Crippen molar-refractivity contribution in [3.63, 3.8) is 0 Å². The molecule has 3 rings (SSSR count). The molecule has 19 heavy (non-hydrogen) atoms. The Hall–Kier alpha value is -2.08. The second-order valence-electron chi connectivity index (χ2n) is 4.99. The van der Waals surface area contributed by atoms with Crippen LogP contribution in [0.2, 0.25) is 0 Å². The van der Waals surface area contributed by atoms with E-state index in [1.165, 1.54) is 33.0 Å². The van der Waals surface area contributed by atoms with Crippen LogP contribution in [0, 0.1) is 6.92 Å². The smallest absolute Gasteiger partial charge is 0.00732 e. The molecular formula is C19H18. The molecule has 0 aliphatic carbocycles. The molecular weight excluding hydrogens is 228 g/mol. The number of benzene rings is 3. The Kier molecular flexibility index (Phi) is 3.08. The Morgan fingerprint density at radius 1 is 0.789 bits per heavy atom. The van der Waals surface area contributed by atoms with Gasteiger partial charge < -0.3 is 0 Å². The van der Waals surface area contributed by atoms with E-state index < -0.39 is 0 Å². The van der Waals surface area contributed by atoms with E-state index in [-0.39, 0.29) is 0 Å². The minimum absolute atomic E-state index is 1.07. The minimum atomic E-state index is 1.07. The summed E-state index contributed by atoms with van der Waals surface area (Å²) in [5, 5.41) is 2.73. The van der Waals surface area contributed by atoms with Crippen LogP contribution in [0.3, 0.4) is 0 Å². The SMILES string of the molecule is CCc1cc(C)c2ccccc2c1-c1ccccc1. The van der Waals surface area contributed by atoms with Crippen molar-refractivity contribution in [2.75, 3.05) is 0 Å². The van der Waals surface area contributed by atoms with Crippen molar-refractivity contribution in [3.05, 3.63) is 71.8 Å². The van der Waals surface area contributed by atoms with Crippen molar-refractivity contribution in [2.24, 2.45) is 0 Å². The van der Waals surface area contributed by atoms with Gasteiger partial charge in [0.15, 0.2) is 0 Å². The van der Waals surface area contributed by atoms with Gasteiger partial charge >= 0.3 is 0 Å². The molecule has 0 heteroatoms. The van der Waals surface area contributed by atoms with Crippen LogP contribution in [0.4, 0.5) is 0 Å². The molecule has 0 amide bonds. The molecule has 94 valence electrons. The number of hydrogen-bond donors (Lipinski definition) is 0. The quantitative estimate of drug-likeness (QED) is 0.569. The first kappa shape index (κ1) is 12.0. The van der Waals surface area contributed by atoms with Crippen LogP contribution in [0.5, 0.6) is 0 Å². The highest BCUT2D eigenvalue weighted by Gasteiger charge is 2.10. The Labute approximate surface area is 114 Å². The molecule has 0 saturated carbocycles. The van der Waals surface area contributed by atoms with Gasteiger partial charge in [0, 0.05) is 0 Å². The predicted molar refractivity (Wildman–Crippen MR) is 83.5 cm³/mol. The van der Waals surface area contributed by atoms with Gasteiger partial charge in [-0.25, -0.2) is 0 Å². The first-order chi connectivity index (χ1) is 9.31. The molecule has 3 aromatic rings. The normalized spacial score (nSPS) is 10.8. The number of aryl methyl sites for hydroxylation is 2. The summed E-state index contributed by atoms with van der Waals surface area (Å²) in [5.41, 5.74) is 5.51. The van der Waals surface area contributed by atoms with E-state index in [1.807, 2.05) is 0 Å². The van der Waals surface area contributed by atoms with Crippen LogP contribution < -0.4 is 0 Å². The van der Waals surface area contributed by atoms with E-state index in [0.717, 1.165) is 6.42 Å². The van der Waals surface area contributed by atoms with Gasteiger partial charge in [0.1, 0.15) is 0 Å². The molecule has 0 nitrogen and oxygen atoms in total. The summed E-state index contributed by atoms with van der Waals surface area (Å²) in [6, 6.07) is 21.8. The predicted octanol–water partition coefficient (Wildman–Crippen LogP) is 5.38. The van der Waals surface area contributed by atoms with E-state index in [1.54, 1.807) is 0 Å². The van der Waals surface area contributed by atoms with Crippen molar-refractivity contribution in [1.82, 2.24) is 0 Å². The Balaban J connectivity index is 2.42. The molecule has 0 bridgehead atoms. The monoisotopic (exact) mass is 246 g/mol. The van der Waals surface area contributed by atoms with Gasteiger partial charge in [-0.1, -0.05) is 67.6 Å². The zero-order valence-electron chi connectivity index (χ0n) is 11.5. The summed E-state index contributed by atoms with van der Waals surface area (Å²) in [5.74, 6) is 0. The molecule has 0 fully saturated rings. The molecule has 3 aromatic carbocycles. The lowest BCUT2D eigenvalue weighted by molar-refractivity contribution is 1.14. The van der Waals surface area contributed by atoms with Crippen molar-refractivity contribution < 1.29 is 0 Å². The molecule has 0 atom stereocenters. The molecule has 0 aliphatic rings. The van der Waals surface area contributed by atoms with Crippen LogP contribution in [-0.2, 0) is 6.42 Å². The van der Waals surface area contributed by atoms with Crippen molar-refractivity contribution >= 4 is 10.8 Å². The fourth-order valence-electron chi connectivity index (χ4n) is 2.85. The second-order valence-corrected chi connectivity index (χ2v) is 4.99. The van der Waals surface area contributed by atoms with E-state index in [4.69, 9.17) is 0 Å². The minimum Gasteiger partial charge on any atom is -0.0622 e. The van der Waals surface area contributed by atoms with Gasteiger partial charge in [-0.15, -0.1) is 0 Å². The standard InChI is InChI=1S/C19H18/c1-3-15-13-14(2)17-11-7-8-12-18(17)19(15)16-9-5-4-6-10-16/h4-13H,3H2,1-2H3. The molecule has 0 heterocycles. The zero-order chi connectivity index (χ0) is 13.2. The molecule has 0 aliphatic heterocycles. The molecule has 0 N–H and O–H groups in total. The van der Waals surface area contributed by atoms with Gasteiger partial charge in [-0.2, -0.15) is 0 Å². The third kappa shape index (κ3) is 2.04. The van der Waals surface area contributed by atoms with E-state index in [9.17, 15) is 0 Å². The van der Waals surface area contributed by atoms with Gasteiger partial charge in [-0.05, 0) is 46.4 Å². The maximum Gasteiger partial charge on any atom is -0.00732 e. The van der Waals surface area contributed by atoms with Crippen molar-refractivity contribution in [3.8, 4) is 11.1 Å². The fourth-order valence-corrected chi connectivity index (χ4v) is 2.85. The third-order valence-electron chi connectivity index (χ3n) is 3.78. The molecule has 0 aromatic heterocycles. The molecule has 0 spiro atoms. The molecule has 0 unspecified atom stereocenters. The van der Waals surface area contributed by atoms with Crippen molar-refractivity contribution in [2.45, 2.75) is 20.3 Å². The summed E-state index contributed by atoms with van der Waals surface area (Å²) in [4.78, 5) is 0. The lowest BCUT2D eigenvalue weighted by Gasteiger charge is -2.14. The van der Waals surface area contributed by atoms with E-state index in [2.05, 4.69) is 74.5 Å².